The van der Waals surface area contributed by atoms with E-state index in [2.05, 4.69) is 6.92 Å². The van der Waals surface area contributed by atoms with E-state index in [0.717, 1.165) is 19.3 Å². The number of ether oxygens (including phenoxy) is 1. The van der Waals surface area contributed by atoms with Crippen LogP contribution in [0.2, 0.25) is 0 Å². The Morgan fingerprint density at radius 2 is 0.938 bits per heavy atom. The maximum atomic E-state index is 10.9. The Morgan fingerprint density at radius 1 is 0.625 bits per heavy atom. The van der Waals surface area contributed by atoms with E-state index in [1.165, 1.54) is 70.6 Å². The number of rotatable bonds is 21. The molecule has 0 aromatic carbocycles. The van der Waals surface area contributed by atoms with Crippen molar-refractivity contribution in [3.8, 4) is 0 Å². The van der Waals surface area contributed by atoms with Crippen LogP contribution in [-0.4, -0.2) is 49.7 Å². The zero-order valence-electron chi connectivity index (χ0n) is 20.8. The van der Waals surface area contributed by atoms with Gasteiger partial charge in [-0.3, -0.25) is 0 Å². The summed E-state index contributed by atoms with van der Waals surface area (Å²) >= 11 is 0. The van der Waals surface area contributed by atoms with E-state index in [4.69, 9.17) is 4.74 Å². The van der Waals surface area contributed by atoms with Crippen LogP contribution in [0.4, 0.5) is 0 Å². The molecule has 0 radical (unpaired) electrons. The van der Waals surface area contributed by atoms with Gasteiger partial charge in [-0.15, -0.1) is 0 Å². The normalized spacial score (nSPS) is 12.9. The SMILES string of the molecule is CCCCCCCCCCCCCCCCC(C)OC(CS(=O)(=O)[O-])CS(=O)(=O)[O-].[Na+].[Na+]. The molecule has 1 unspecified atom stereocenters. The van der Waals surface area contributed by atoms with Crippen LogP contribution in [0, 0.1) is 0 Å². The van der Waals surface area contributed by atoms with Crippen LogP contribution in [0.25, 0.3) is 0 Å². The molecular formula is C21H42Na2O7S2. The van der Waals surface area contributed by atoms with Crippen molar-refractivity contribution in [3.63, 3.8) is 0 Å². The van der Waals surface area contributed by atoms with Crippen molar-refractivity contribution in [2.75, 3.05) is 11.5 Å². The Bertz CT molecular complexity index is 580. The van der Waals surface area contributed by atoms with Crippen molar-refractivity contribution in [2.45, 2.75) is 122 Å². The van der Waals surface area contributed by atoms with Crippen LogP contribution in [0.5, 0.6) is 0 Å². The van der Waals surface area contributed by atoms with Crippen LogP contribution in [0.3, 0.4) is 0 Å². The zero-order valence-corrected chi connectivity index (χ0v) is 26.5. The molecule has 7 nitrogen and oxygen atoms in total. The summed E-state index contributed by atoms with van der Waals surface area (Å²) in [6.45, 7) is 3.94. The summed E-state index contributed by atoms with van der Waals surface area (Å²) in [5.41, 5.74) is 0. The number of unbranched alkanes of at least 4 members (excludes halogenated alkanes) is 13. The van der Waals surface area contributed by atoms with E-state index >= 15 is 0 Å². The molecule has 0 N–H and O–H groups in total. The Kier molecular flexibility index (Phi) is 27.8. The number of hydrogen-bond donors (Lipinski definition) is 0. The molecule has 0 rings (SSSR count). The number of hydrogen-bond acceptors (Lipinski definition) is 7. The van der Waals surface area contributed by atoms with Crippen molar-refractivity contribution in [1.82, 2.24) is 0 Å². The summed E-state index contributed by atoms with van der Waals surface area (Å²) in [6, 6.07) is 0. The first kappa shape index (κ1) is 38.3. The molecule has 0 aliphatic rings. The summed E-state index contributed by atoms with van der Waals surface area (Å²) in [7, 11) is -9.34. The molecule has 0 spiro atoms. The second-order valence-electron chi connectivity index (χ2n) is 8.40. The van der Waals surface area contributed by atoms with Gasteiger partial charge in [0.05, 0.1) is 43.9 Å². The minimum atomic E-state index is -4.67. The van der Waals surface area contributed by atoms with Crippen LogP contribution < -0.4 is 59.1 Å². The molecular weight excluding hydrogens is 474 g/mol. The minimum Gasteiger partial charge on any atom is -0.748 e. The average molecular weight is 517 g/mol. The second kappa shape index (κ2) is 23.2. The van der Waals surface area contributed by atoms with Gasteiger partial charge in [-0.1, -0.05) is 96.8 Å². The molecule has 0 amide bonds. The Hall–Kier alpha value is 1.78. The van der Waals surface area contributed by atoms with Gasteiger partial charge in [-0.05, 0) is 13.3 Å². The zero-order chi connectivity index (χ0) is 22.9. The first-order valence-corrected chi connectivity index (χ1v) is 14.7. The molecule has 11 heteroatoms. The summed E-state index contributed by atoms with van der Waals surface area (Å²) in [6.07, 6.45) is 16.3. The van der Waals surface area contributed by atoms with Gasteiger partial charge in [0.15, 0.2) is 0 Å². The molecule has 0 bridgehead atoms. The van der Waals surface area contributed by atoms with Gasteiger partial charge in [0.2, 0.25) is 0 Å². The third kappa shape index (κ3) is 29.8. The minimum absolute atomic E-state index is 0. The van der Waals surface area contributed by atoms with Gasteiger partial charge in [0, 0.05) is 0 Å². The smallest absolute Gasteiger partial charge is 0.748 e. The molecule has 0 aromatic rings. The molecule has 1 atom stereocenters. The molecule has 0 saturated heterocycles. The fourth-order valence-corrected chi connectivity index (χ4v) is 5.06. The largest absolute Gasteiger partial charge is 1.00 e. The van der Waals surface area contributed by atoms with Crippen LogP contribution in [-0.2, 0) is 25.0 Å². The predicted octanol–water partition coefficient (Wildman–Crippen LogP) is -1.27. The van der Waals surface area contributed by atoms with Crippen molar-refractivity contribution >= 4 is 20.2 Å². The van der Waals surface area contributed by atoms with E-state index in [0.29, 0.717) is 6.42 Å². The molecule has 0 heterocycles. The third-order valence-corrected chi connectivity index (χ3v) is 6.73. The van der Waals surface area contributed by atoms with Crippen molar-refractivity contribution in [2.24, 2.45) is 0 Å². The van der Waals surface area contributed by atoms with Gasteiger partial charge in [-0.25, -0.2) is 16.8 Å². The van der Waals surface area contributed by atoms with Gasteiger partial charge in [-0.2, -0.15) is 0 Å². The van der Waals surface area contributed by atoms with E-state index in [-0.39, 0.29) is 59.1 Å². The van der Waals surface area contributed by atoms with E-state index in [1.54, 1.807) is 6.92 Å². The van der Waals surface area contributed by atoms with Gasteiger partial charge < -0.3 is 13.8 Å². The summed E-state index contributed by atoms with van der Waals surface area (Å²) < 4.78 is 70.6. The van der Waals surface area contributed by atoms with Crippen molar-refractivity contribution in [1.29, 1.82) is 0 Å². The van der Waals surface area contributed by atoms with E-state index in [9.17, 15) is 25.9 Å². The molecule has 32 heavy (non-hydrogen) atoms. The summed E-state index contributed by atoms with van der Waals surface area (Å²) in [4.78, 5) is 0. The topological polar surface area (TPSA) is 124 Å². The molecule has 0 aliphatic heterocycles. The monoisotopic (exact) mass is 516 g/mol. The van der Waals surface area contributed by atoms with Gasteiger partial charge in [0.25, 0.3) is 0 Å². The maximum absolute atomic E-state index is 10.9. The fourth-order valence-electron chi connectivity index (χ4n) is 3.60. The van der Waals surface area contributed by atoms with Crippen molar-refractivity contribution in [3.05, 3.63) is 0 Å². The standard InChI is InChI=1S/C21H44O7S2.2Na/c1-3-4-5-6-7-8-9-10-11-12-13-14-15-16-17-20(2)28-21(18-29(22,23)24)19-30(25,26)27;;/h20-21H,3-19H2,1-2H3,(H,22,23,24)(H,25,26,27);;/q;2*+1/p-2. The van der Waals surface area contributed by atoms with E-state index < -0.39 is 43.9 Å². The fraction of sp³-hybridized carbons (Fsp3) is 1.00. The van der Waals surface area contributed by atoms with Gasteiger partial charge >= 0.3 is 59.1 Å². The first-order valence-electron chi connectivity index (χ1n) is 11.6. The van der Waals surface area contributed by atoms with Crippen LogP contribution in [0.1, 0.15) is 110 Å². The average Bonchev–Trinajstić information content (AvgIpc) is 2.59. The van der Waals surface area contributed by atoms with Crippen LogP contribution >= 0.6 is 0 Å². The second-order valence-corrected chi connectivity index (χ2v) is 11.3. The predicted molar refractivity (Wildman–Crippen MR) is 118 cm³/mol. The molecule has 0 aromatic heterocycles. The van der Waals surface area contributed by atoms with Crippen molar-refractivity contribution < 1.29 is 89.8 Å². The Morgan fingerprint density at radius 3 is 1.25 bits per heavy atom. The molecule has 182 valence electrons. The van der Waals surface area contributed by atoms with E-state index in [1.807, 2.05) is 0 Å². The first-order chi connectivity index (χ1) is 14.0. The Balaban J connectivity index is -0.00000420. The Labute approximate surface area is 241 Å². The van der Waals surface area contributed by atoms with Gasteiger partial charge in [0.1, 0.15) is 0 Å². The molecule has 0 fully saturated rings. The maximum Gasteiger partial charge on any atom is 1.00 e. The summed E-state index contributed by atoms with van der Waals surface area (Å²) in [5.74, 6) is -2.00. The molecule has 0 aliphatic carbocycles. The van der Waals surface area contributed by atoms with Crippen LogP contribution in [0.15, 0.2) is 0 Å². The molecule has 0 saturated carbocycles. The third-order valence-electron chi connectivity index (χ3n) is 5.17. The quantitative estimate of drug-likeness (QED) is 0.106. The summed E-state index contributed by atoms with van der Waals surface area (Å²) in [5, 5.41) is 0.